The number of benzene rings is 2. The maximum atomic E-state index is 12.8. The Bertz CT molecular complexity index is 1290. The average molecular weight is 590 g/mol. The predicted molar refractivity (Wildman–Crippen MR) is 148 cm³/mol. The normalized spacial score (nSPS) is 17.8. The van der Waals surface area contributed by atoms with E-state index in [0.29, 0.717) is 50.0 Å². The zero-order chi connectivity index (χ0) is 30.1. The summed E-state index contributed by atoms with van der Waals surface area (Å²) in [5.41, 5.74) is 3.09. The molecule has 42 heavy (non-hydrogen) atoms. The number of hydrogen-bond donors (Lipinski definition) is 2. The number of anilines is 1. The molecule has 2 saturated heterocycles. The SMILES string of the molecule is Cc1ccc(CN2CCC(CNC(=O)C3CCN(c4nc(-c5ccc(OC(F)(F)F)cc5)no4)CC3)C2)cc1.O=CO. The van der Waals surface area contributed by atoms with Crippen LogP contribution in [0.5, 0.6) is 5.75 Å². The summed E-state index contributed by atoms with van der Waals surface area (Å²) in [4.78, 5) is 30.0. The Morgan fingerprint density at radius 2 is 1.76 bits per heavy atom. The number of aryl methyl sites for hydroxylation is 1. The Hall–Kier alpha value is -4.13. The van der Waals surface area contributed by atoms with Crippen LogP contribution in [0.3, 0.4) is 0 Å². The van der Waals surface area contributed by atoms with Crippen LogP contribution in [0.15, 0.2) is 53.1 Å². The summed E-state index contributed by atoms with van der Waals surface area (Å²) < 4.78 is 46.4. The minimum absolute atomic E-state index is 0.0603. The molecular formula is C29H34F3N5O5. The van der Waals surface area contributed by atoms with Gasteiger partial charge in [0.1, 0.15) is 5.75 Å². The molecule has 1 unspecified atom stereocenters. The van der Waals surface area contributed by atoms with E-state index in [1.165, 1.54) is 35.4 Å². The van der Waals surface area contributed by atoms with Crippen LogP contribution in [0, 0.1) is 18.8 Å². The Balaban J connectivity index is 0.00000129. The number of carbonyl (C=O) groups excluding carboxylic acids is 1. The summed E-state index contributed by atoms with van der Waals surface area (Å²) in [7, 11) is 0. The van der Waals surface area contributed by atoms with Crippen molar-refractivity contribution in [2.24, 2.45) is 11.8 Å². The van der Waals surface area contributed by atoms with Crippen molar-refractivity contribution < 1.29 is 37.1 Å². The Labute approximate surface area is 241 Å². The van der Waals surface area contributed by atoms with Crippen molar-refractivity contribution in [1.29, 1.82) is 0 Å². The minimum atomic E-state index is -4.75. The number of piperidine rings is 1. The predicted octanol–water partition coefficient (Wildman–Crippen LogP) is 4.50. The van der Waals surface area contributed by atoms with E-state index in [1.807, 2.05) is 4.90 Å². The number of nitrogens with zero attached hydrogens (tertiary/aromatic N) is 4. The number of hydrogen-bond acceptors (Lipinski definition) is 8. The number of carboxylic acid groups (broad SMARTS) is 1. The molecule has 10 nitrogen and oxygen atoms in total. The van der Waals surface area contributed by atoms with Gasteiger partial charge in [-0.15, -0.1) is 13.2 Å². The molecule has 0 radical (unpaired) electrons. The number of alkyl halides is 3. The lowest BCUT2D eigenvalue weighted by atomic mass is 9.96. The number of carbonyl (C=O) groups is 2. The lowest BCUT2D eigenvalue weighted by molar-refractivity contribution is -0.274. The Kier molecular flexibility index (Phi) is 10.4. The van der Waals surface area contributed by atoms with Crippen LogP contribution in [0.1, 0.15) is 30.4 Å². The third-order valence-corrected chi connectivity index (χ3v) is 7.36. The first-order valence-electron chi connectivity index (χ1n) is 13.7. The van der Waals surface area contributed by atoms with Crippen LogP contribution in [0.2, 0.25) is 0 Å². The van der Waals surface area contributed by atoms with Gasteiger partial charge in [0.15, 0.2) is 0 Å². The first-order chi connectivity index (χ1) is 20.1. The molecule has 0 spiro atoms. The van der Waals surface area contributed by atoms with Crippen LogP contribution in [0.25, 0.3) is 11.4 Å². The first-order valence-corrected chi connectivity index (χ1v) is 13.7. The topological polar surface area (TPSA) is 121 Å². The molecule has 2 N–H and O–H groups in total. The smallest absolute Gasteiger partial charge is 0.483 e. The summed E-state index contributed by atoms with van der Waals surface area (Å²) in [6.45, 7) is 6.73. The third kappa shape index (κ3) is 8.93. The second-order valence-corrected chi connectivity index (χ2v) is 10.5. The molecular weight excluding hydrogens is 555 g/mol. The summed E-state index contributed by atoms with van der Waals surface area (Å²) >= 11 is 0. The van der Waals surface area contributed by atoms with Crippen molar-refractivity contribution in [1.82, 2.24) is 20.4 Å². The highest BCUT2D eigenvalue weighted by Gasteiger charge is 2.31. The monoisotopic (exact) mass is 589 g/mol. The molecule has 1 amide bonds. The van der Waals surface area contributed by atoms with Gasteiger partial charge < -0.3 is 24.6 Å². The average Bonchev–Trinajstić information content (AvgIpc) is 3.63. The fourth-order valence-electron chi connectivity index (χ4n) is 5.16. The quantitative estimate of drug-likeness (QED) is 0.366. The van der Waals surface area contributed by atoms with Crippen molar-refractivity contribution in [3.8, 4) is 17.1 Å². The number of nitrogens with one attached hydrogen (secondary N) is 1. The van der Waals surface area contributed by atoms with Gasteiger partial charge in [-0.3, -0.25) is 14.5 Å². The molecule has 3 aromatic rings. The van der Waals surface area contributed by atoms with Crippen LogP contribution in [-0.4, -0.2) is 71.6 Å². The van der Waals surface area contributed by atoms with Gasteiger partial charge in [-0.2, -0.15) is 4.98 Å². The van der Waals surface area contributed by atoms with Crippen LogP contribution >= 0.6 is 0 Å². The molecule has 2 aliphatic rings. The van der Waals surface area contributed by atoms with Crippen molar-refractivity contribution in [2.45, 2.75) is 39.1 Å². The van der Waals surface area contributed by atoms with Gasteiger partial charge in [0.25, 0.3) is 6.47 Å². The molecule has 2 fully saturated rings. The summed E-state index contributed by atoms with van der Waals surface area (Å²) in [6, 6.07) is 14.3. The highest BCUT2D eigenvalue weighted by Crippen LogP contribution is 2.28. The number of likely N-dealkylation sites (tertiary alicyclic amines) is 1. The maximum Gasteiger partial charge on any atom is 0.573 e. The van der Waals surface area contributed by atoms with Gasteiger partial charge in [0.05, 0.1) is 0 Å². The van der Waals surface area contributed by atoms with E-state index < -0.39 is 6.36 Å². The van der Waals surface area contributed by atoms with Crippen LogP contribution in [0.4, 0.5) is 19.2 Å². The molecule has 13 heteroatoms. The largest absolute Gasteiger partial charge is 0.573 e. The second kappa shape index (κ2) is 14.2. The fraction of sp³-hybridized carbons (Fsp3) is 0.448. The second-order valence-electron chi connectivity index (χ2n) is 10.5. The van der Waals surface area contributed by atoms with E-state index in [0.717, 1.165) is 26.1 Å². The van der Waals surface area contributed by atoms with E-state index in [1.54, 1.807) is 0 Å². The number of amides is 1. The van der Waals surface area contributed by atoms with E-state index in [4.69, 9.17) is 14.4 Å². The van der Waals surface area contributed by atoms with E-state index >= 15 is 0 Å². The molecule has 0 saturated carbocycles. The zero-order valence-corrected chi connectivity index (χ0v) is 23.2. The zero-order valence-electron chi connectivity index (χ0n) is 23.2. The molecule has 0 bridgehead atoms. The molecule has 1 atom stereocenters. The van der Waals surface area contributed by atoms with Gasteiger partial charge in [-0.1, -0.05) is 35.0 Å². The maximum absolute atomic E-state index is 12.8. The lowest BCUT2D eigenvalue weighted by Gasteiger charge is -2.30. The highest BCUT2D eigenvalue weighted by molar-refractivity contribution is 5.79. The van der Waals surface area contributed by atoms with Crippen molar-refractivity contribution in [3.05, 3.63) is 59.7 Å². The molecule has 0 aliphatic carbocycles. The number of ether oxygens (including phenoxy) is 1. The van der Waals surface area contributed by atoms with E-state index in [-0.39, 0.29) is 29.9 Å². The van der Waals surface area contributed by atoms with Crippen molar-refractivity contribution >= 4 is 18.4 Å². The molecule has 3 heterocycles. The van der Waals surface area contributed by atoms with Crippen LogP contribution in [-0.2, 0) is 16.1 Å². The standard InChI is InChI=1S/C28H32F3N5O3.CH2O2/c1-19-2-4-20(5-3-19)17-35-13-10-21(18-35)16-32-26(37)23-11-14-36(15-12-23)27-33-25(34-39-27)22-6-8-24(9-7-22)38-28(29,30)31;2-1-3/h2-9,21,23H,10-18H2,1H3,(H,32,37);1H,(H,2,3). The molecule has 2 aromatic carbocycles. The number of rotatable bonds is 8. The summed E-state index contributed by atoms with van der Waals surface area (Å²) in [6.07, 6.45) is -2.31. The first kappa shape index (κ1) is 30.8. The third-order valence-electron chi connectivity index (χ3n) is 7.36. The van der Waals surface area contributed by atoms with Crippen molar-refractivity contribution in [3.63, 3.8) is 0 Å². The number of halogens is 3. The molecule has 226 valence electrons. The molecule has 2 aliphatic heterocycles. The minimum Gasteiger partial charge on any atom is -0.483 e. The van der Waals surface area contributed by atoms with Gasteiger partial charge in [-0.25, -0.2) is 0 Å². The summed E-state index contributed by atoms with van der Waals surface area (Å²) in [5, 5.41) is 14.0. The fourth-order valence-corrected chi connectivity index (χ4v) is 5.16. The lowest BCUT2D eigenvalue weighted by Crippen LogP contribution is -2.42. The van der Waals surface area contributed by atoms with E-state index in [2.05, 4.69) is 56.3 Å². The molecule has 1 aromatic heterocycles. The van der Waals surface area contributed by atoms with Crippen LogP contribution < -0.4 is 15.0 Å². The van der Waals surface area contributed by atoms with Crippen molar-refractivity contribution in [2.75, 3.05) is 37.6 Å². The number of aromatic nitrogens is 2. The van der Waals surface area contributed by atoms with Gasteiger partial charge >= 0.3 is 12.4 Å². The highest BCUT2D eigenvalue weighted by atomic mass is 19.4. The Morgan fingerprint density at radius 3 is 2.40 bits per heavy atom. The van der Waals surface area contributed by atoms with E-state index in [9.17, 15) is 18.0 Å². The van der Waals surface area contributed by atoms with Gasteiger partial charge in [0.2, 0.25) is 11.7 Å². The molecule has 5 rings (SSSR count). The summed E-state index contributed by atoms with van der Waals surface area (Å²) in [5.74, 6) is 0.457. The van der Waals surface area contributed by atoms with Gasteiger partial charge in [0, 0.05) is 44.2 Å². The van der Waals surface area contributed by atoms with Gasteiger partial charge in [-0.05, 0) is 68.5 Å². The Morgan fingerprint density at radius 1 is 1.10 bits per heavy atom.